The molecule has 1 aromatic heterocycles. The summed E-state index contributed by atoms with van der Waals surface area (Å²) >= 11 is 3.50. The molecule has 4 heteroatoms. The van der Waals surface area contributed by atoms with Crippen molar-refractivity contribution in [3.8, 4) is 11.6 Å². The van der Waals surface area contributed by atoms with Gasteiger partial charge in [0.25, 0.3) is 0 Å². The molecule has 0 saturated carbocycles. The summed E-state index contributed by atoms with van der Waals surface area (Å²) in [5.41, 5.74) is 1.08. The number of alkyl halides is 1. The molecule has 0 N–H and O–H groups in total. The molecule has 15 heavy (non-hydrogen) atoms. The van der Waals surface area contributed by atoms with Crippen LogP contribution >= 0.6 is 15.9 Å². The van der Waals surface area contributed by atoms with Gasteiger partial charge in [-0.2, -0.15) is 0 Å². The van der Waals surface area contributed by atoms with Crippen LogP contribution in [0.25, 0.3) is 0 Å². The number of hydrogen-bond acceptors (Lipinski definition) is 3. The fourth-order valence-corrected chi connectivity index (χ4v) is 1.60. The second-order valence-corrected chi connectivity index (χ2v) is 4.51. The standard InChI is InChI=1S/C11H16BrNO2/c1-11(2,7-12)8-5-10(15-4)13-6-9(8)14-3/h5-6H,7H2,1-4H3. The van der Waals surface area contributed by atoms with Gasteiger partial charge >= 0.3 is 0 Å². The highest BCUT2D eigenvalue weighted by Gasteiger charge is 2.24. The second kappa shape index (κ2) is 4.84. The largest absolute Gasteiger partial charge is 0.495 e. The molecule has 1 aromatic rings. The highest BCUT2D eigenvalue weighted by molar-refractivity contribution is 9.09. The van der Waals surface area contributed by atoms with Crippen LogP contribution in [0.3, 0.4) is 0 Å². The summed E-state index contributed by atoms with van der Waals surface area (Å²) in [4.78, 5) is 4.11. The molecule has 1 rings (SSSR count). The number of hydrogen-bond donors (Lipinski definition) is 0. The lowest BCUT2D eigenvalue weighted by Gasteiger charge is -2.24. The van der Waals surface area contributed by atoms with E-state index in [-0.39, 0.29) is 5.41 Å². The van der Waals surface area contributed by atoms with Gasteiger partial charge in [0.1, 0.15) is 5.75 Å². The van der Waals surface area contributed by atoms with Gasteiger partial charge in [0.2, 0.25) is 5.88 Å². The molecule has 0 spiro atoms. The number of methoxy groups -OCH3 is 2. The van der Waals surface area contributed by atoms with E-state index in [1.54, 1.807) is 20.4 Å². The third-order valence-electron chi connectivity index (χ3n) is 2.33. The minimum Gasteiger partial charge on any atom is -0.495 e. The minimum absolute atomic E-state index is 0.0123. The van der Waals surface area contributed by atoms with E-state index in [1.165, 1.54) is 0 Å². The van der Waals surface area contributed by atoms with Crippen LogP contribution < -0.4 is 9.47 Å². The highest BCUT2D eigenvalue weighted by atomic mass is 79.9. The van der Waals surface area contributed by atoms with E-state index in [4.69, 9.17) is 9.47 Å². The van der Waals surface area contributed by atoms with Crippen molar-refractivity contribution < 1.29 is 9.47 Å². The van der Waals surface area contributed by atoms with Crippen LogP contribution in [0.15, 0.2) is 12.3 Å². The van der Waals surface area contributed by atoms with Crippen LogP contribution in [0, 0.1) is 0 Å². The van der Waals surface area contributed by atoms with E-state index in [2.05, 4.69) is 34.8 Å². The van der Waals surface area contributed by atoms with Crippen molar-refractivity contribution in [1.29, 1.82) is 0 Å². The van der Waals surface area contributed by atoms with E-state index in [0.29, 0.717) is 5.88 Å². The number of pyridine rings is 1. The number of rotatable bonds is 4. The van der Waals surface area contributed by atoms with Crippen molar-refractivity contribution in [3.05, 3.63) is 17.8 Å². The number of aromatic nitrogens is 1. The monoisotopic (exact) mass is 273 g/mol. The van der Waals surface area contributed by atoms with Crippen LogP contribution in [0.1, 0.15) is 19.4 Å². The zero-order chi connectivity index (χ0) is 11.5. The summed E-state index contributed by atoms with van der Waals surface area (Å²) in [6, 6.07) is 1.92. The predicted molar refractivity (Wildman–Crippen MR) is 64.2 cm³/mol. The van der Waals surface area contributed by atoms with Gasteiger partial charge in [-0.15, -0.1) is 0 Å². The maximum Gasteiger partial charge on any atom is 0.213 e. The predicted octanol–water partition coefficient (Wildman–Crippen LogP) is 2.77. The van der Waals surface area contributed by atoms with Crippen LogP contribution in [-0.2, 0) is 5.41 Å². The molecule has 0 bridgehead atoms. The fourth-order valence-electron chi connectivity index (χ4n) is 1.30. The van der Waals surface area contributed by atoms with Gasteiger partial charge in [0, 0.05) is 22.4 Å². The highest BCUT2D eigenvalue weighted by Crippen LogP contribution is 2.34. The minimum atomic E-state index is -0.0123. The Kier molecular flexibility index (Phi) is 3.97. The molecule has 0 aliphatic carbocycles. The third kappa shape index (κ3) is 2.62. The Hall–Kier alpha value is -0.770. The van der Waals surface area contributed by atoms with Crippen LogP contribution in [0.4, 0.5) is 0 Å². The molecule has 0 atom stereocenters. The Morgan fingerprint density at radius 3 is 2.47 bits per heavy atom. The topological polar surface area (TPSA) is 31.4 Å². The first-order chi connectivity index (χ1) is 7.05. The average Bonchev–Trinajstić information content (AvgIpc) is 2.28. The summed E-state index contributed by atoms with van der Waals surface area (Å²) in [5.74, 6) is 1.40. The second-order valence-electron chi connectivity index (χ2n) is 3.94. The maximum atomic E-state index is 5.29. The Labute approximate surface area is 98.9 Å². The van der Waals surface area contributed by atoms with Crippen molar-refractivity contribution in [3.63, 3.8) is 0 Å². The van der Waals surface area contributed by atoms with Gasteiger partial charge in [0.05, 0.1) is 20.4 Å². The summed E-state index contributed by atoms with van der Waals surface area (Å²) in [7, 11) is 3.26. The van der Waals surface area contributed by atoms with Crippen LogP contribution in [0.5, 0.6) is 11.6 Å². The molecule has 0 aromatic carbocycles. The lowest BCUT2D eigenvalue weighted by molar-refractivity contribution is 0.376. The first kappa shape index (κ1) is 12.3. The van der Waals surface area contributed by atoms with Gasteiger partial charge < -0.3 is 9.47 Å². The van der Waals surface area contributed by atoms with Crippen LogP contribution in [-0.4, -0.2) is 24.5 Å². The zero-order valence-corrected chi connectivity index (χ0v) is 11.1. The molecular weight excluding hydrogens is 258 g/mol. The molecule has 0 saturated heterocycles. The SMILES string of the molecule is COc1cc(C(C)(C)CBr)c(OC)cn1. The van der Waals surface area contributed by atoms with E-state index in [9.17, 15) is 0 Å². The lowest BCUT2D eigenvalue weighted by Crippen LogP contribution is -2.20. The Bertz CT molecular complexity index is 339. The van der Waals surface area contributed by atoms with Crippen molar-refractivity contribution >= 4 is 15.9 Å². The molecule has 0 unspecified atom stereocenters. The molecular formula is C11H16BrNO2. The van der Waals surface area contributed by atoms with Gasteiger partial charge in [0.15, 0.2) is 0 Å². The van der Waals surface area contributed by atoms with Crippen LogP contribution in [0.2, 0.25) is 0 Å². The molecule has 0 radical (unpaired) electrons. The van der Waals surface area contributed by atoms with Gasteiger partial charge in [-0.3, -0.25) is 0 Å². The molecule has 0 amide bonds. The average molecular weight is 274 g/mol. The number of nitrogens with zero attached hydrogens (tertiary/aromatic N) is 1. The summed E-state index contributed by atoms with van der Waals surface area (Å²) < 4.78 is 10.4. The molecule has 84 valence electrons. The van der Waals surface area contributed by atoms with E-state index < -0.39 is 0 Å². The maximum absolute atomic E-state index is 5.29. The Morgan fingerprint density at radius 2 is 2.00 bits per heavy atom. The first-order valence-corrected chi connectivity index (χ1v) is 5.81. The normalized spacial score (nSPS) is 11.3. The fraction of sp³-hybridized carbons (Fsp3) is 0.545. The summed E-state index contributed by atoms with van der Waals surface area (Å²) in [6.07, 6.45) is 1.69. The first-order valence-electron chi connectivity index (χ1n) is 4.69. The van der Waals surface area contributed by atoms with Crippen molar-refractivity contribution in [2.75, 3.05) is 19.5 Å². The number of ether oxygens (including phenoxy) is 2. The van der Waals surface area contributed by atoms with Crippen molar-refractivity contribution in [2.24, 2.45) is 0 Å². The van der Waals surface area contributed by atoms with Crippen molar-refractivity contribution in [1.82, 2.24) is 4.98 Å². The van der Waals surface area contributed by atoms with E-state index >= 15 is 0 Å². The Morgan fingerprint density at radius 1 is 1.33 bits per heavy atom. The summed E-state index contributed by atoms with van der Waals surface area (Å²) in [6.45, 7) is 4.28. The third-order valence-corrected chi connectivity index (χ3v) is 3.74. The van der Waals surface area contributed by atoms with E-state index in [0.717, 1.165) is 16.6 Å². The smallest absolute Gasteiger partial charge is 0.213 e. The van der Waals surface area contributed by atoms with E-state index in [1.807, 2.05) is 6.07 Å². The molecule has 1 heterocycles. The van der Waals surface area contributed by atoms with Crippen molar-refractivity contribution in [2.45, 2.75) is 19.3 Å². The lowest BCUT2D eigenvalue weighted by atomic mass is 9.87. The quantitative estimate of drug-likeness (QED) is 0.791. The van der Waals surface area contributed by atoms with Gasteiger partial charge in [-0.25, -0.2) is 4.98 Å². The molecule has 0 aliphatic heterocycles. The molecule has 3 nitrogen and oxygen atoms in total. The number of halogens is 1. The molecule has 0 aliphatic rings. The molecule has 0 fully saturated rings. The zero-order valence-electron chi connectivity index (χ0n) is 9.50. The van der Waals surface area contributed by atoms with Gasteiger partial charge in [-0.05, 0) is 0 Å². The Balaban J connectivity index is 3.23. The summed E-state index contributed by atoms with van der Waals surface area (Å²) in [5, 5.41) is 0.851. The van der Waals surface area contributed by atoms with Gasteiger partial charge in [-0.1, -0.05) is 29.8 Å².